The quantitative estimate of drug-likeness (QED) is 0.815. The van der Waals surface area contributed by atoms with Crippen LogP contribution in [0.15, 0.2) is 6.20 Å². The van der Waals surface area contributed by atoms with Gasteiger partial charge in [0, 0.05) is 18.5 Å². The van der Waals surface area contributed by atoms with E-state index >= 15 is 0 Å². The molecule has 0 saturated carbocycles. The van der Waals surface area contributed by atoms with Gasteiger partial charge in [-0.15, -0.1) is 0 Å². The molecule has 0 aliphatic rings. The molecule has 1 unspecified atom stereocenters. The summed E-state index contributed by atoms with van der Waals surface area (Å²) in [5, 5.41) is 4.93. The Labute approximate surface area is 83.9 Å². The molecule has 0 saturated heterocycles. The van der Waals surface area contributed by atoms with E-state index in [-0.39, 0.29) is 5.92 Å². The van der Waals surface area contributed by atoms with Gasteiger partial charge in [0.25, 0.3) is 0 Å². The van der Waals surface area contributed by atoms with E-state index in [1.54, 1.807) is 6.20 Å². The normalized spacial score (nSPS) is 13.7. The average Bonchev–Trinajstić information content (AvgIpc) is 2.46. The molecule has 2 N–H and O–H groups in total. The van der Waals surface area contributed by atoms with Gasteiger partial charge in [-0.2, -0.15) is 5.10 Å². The Kier molecular flexibility index (Phi) is 3.33. The highest BCUT2D eigenvalue weighted by Gasteiger charge is 2.16. The highest BCUT2D eigenvalue weighted by atomic mass is 35.5. The minimum Gasteiger partial charge on any atom is -0.330 e. The highest BCUT2D eigenvalue weighted by molar-refractivity contribution is 6.31. The van der Waals surface area contributed by atoms with Gasteiger partial charge in [-0.25, -0.2) is 0 Å². The zero-order chi connectivity index (χ0) is 10.0. The Morgan fingerprint density at radius 1 is 1.54 bits per heavy atom. The van der Waals surface area contributed by atoms with E-state index in [4.69, 9.17) is 17.3 Å². The third kappa shape index (κ3) is 2.03. The van der Waals surface area contributed by atoms with Gasteiger partial charge in [-0.3, -0.25) is 4.68 Å². The summed E-state index contributed by atoms with van der Waals surface area (Å²) < 4.78 is 1.93. The summed E-state index contributed by atoms with van der Waals surface area (Å²) in [6.07, 6.45) is 1.68. The summed E-state index contributed by atoms with van der Waals surface area (Å²) in [5.74, 6) is 0.261. The lowest BCUT2D eigenvalue weighted by atomic mass is 10.1. The maximum atomic E-state index is 6.02. The number of halogens is 1. The van der Waals surface area contributed by atoms with Crippen molar-refractivity contribution in [2.45, 2.75) is 32.7 Å². The summed E-state index contributed by atoms with van der Waals surface area (Å²) in [6, 6.07) is 0.330. The van der Waals surface area contributed by atoms with Crippen LogP contribution in [0.3, 0.4) is 0 Å². The van der Waals surface area contributed by atoms with Crippen LogP contribution in [-0.2, 0) is 0 Å². The minimum atomic E-state index is 0.261. The second kappa shape index (κ2) is 4.11. The average molecular weight is 202 g/mol. The van der Waals surface area contributed by atoms with Crippen LogP contribution in [0.2, 0.25) is 5.02 Å². The number of hydrogen-bond donors (Lipinski definition) is 1. The Hall–Kier alpha value is -0.540. The van der Waals surface area contributed by atoms with Crippen LogP contribution in [0.1, 0.15) is 38.4 Å². The third-order valence-electron chi connectivity index (χ3n) is 2.10. The maximum Gasteiger partial charge on any atom is 0.0821 e. The predicted molar refractivity (Wildman–Crippen MR) is 55.1 cm³/mol. The molecule has 4 heteroatoms. The van der Waals surface area contributed by atoms with E-state index in [9.17, 15) is 0 Å². The lowest BCUT2D eigenvalue weighted by molar-refractivity contribution is 0.493. The molecule has 0 aliphatic carbocycles. The molecule has 0 fully saturated rings. The van der Waals surface area contributed by atoms with E-state index in [0.717, 1.165) is 5.69 Å². The predicted octanol–water partition coefficient (Wildman–Crippen LogP) is 2.18. The van der Waals surface area contributed by atoms with Crippen LogP contribution >= 0.6 is 11.6 Å². The standard InChI is InChI=1S/C9H16ClN3/c1-6(2)13-9(7(3)4-11)8(10)5-12-13/h5-7H,4,11H2,1-3H3. The van der Waals surface area contributed by atoms with E-state index in [0.29, 0.717) is 17.6 Å². The second-order valence-electron chi connectivity index (χ2n) is 3.55. The maximum absolute atomic E-state index is 6.02. The fourth-order valence-electron chi connectivity index (χ4n) is 1.33. The Morgan fingerprint density at radius 2 is 2.15 bits per heavy atom. The number of nitrogens with two attached hydrogens (primary N) is 1. The molecule has 1 aromatic rings. The summed E-state index contributed by atoms with van der Waals surface area (Å²) in [7, 11) is 0. The van der Waals surface area contributed by atoms with Crippen molar-refractivity contribution in [3.63, 3.8) is 0 Å². The molecule has 1 rings (SSSR count). The van der Waals surface area contributed by atoms with Crippen molar-refractivity contribution >= 4 is 11.6 Å². The number of nitrogens with zero attached hydrogens (tertiary/aromatic N) is 2. The molecule has 0 amide bonds. The molecule has 0 aliphatic heterocycles. The van der Waals surface area contributed by atoms with E-state index in [2.05, 4.69) is 25.9 Å². The molecule has 0 spiro atoms. The molecular formula is C9H16ClN3. The van der Waals surface area contributed by atoms with Gasteiger partial charge < -0.3 is 5.73 Å². The number of aromatic nitrogens is 2. The Bertz CT molecular complexity index is 280. The van der Waals surface area contributed by atoms with Crippen LogP contribution in [0, 0.1) is 0 Å². The summed E-state index contributed by atoms with van der Waals surface area (Å²) in [5.41, 5.74) is 6.64. The van der Waals surface area contributed by atoms with E-state index in [1.807, 2.05) is 4.68 Å². The summed E-state index contributed by atoms with van der Waals surface area (Å²) in [4.78, 5) is 0. The molecule has 13 heavy (non-hydrogen) atoms. The Balaban J connectivity index is 3.08. The summed E-state index contributed by atoms with van der Waals surface area (Å²) >= 11 is 6.02. The lowest BCUT2D eigenvalue weighted by Gasteiger charge is -2.15. The van der Waals surface area contributed by atoms with Crippen molar-refractivity contribution < 1.29 is 0 Å². The highest BCUT2D eigenvalue weighted by Crippen LogP contribution is 2.25. The molecule has 3 nitrogen and oxygen atoms in total. The van der Waals surface area contributed by atoms with Gasteiger partial charge in [0.05, 0.1) is 16.9 Å². The van der Waals surface area contributed by atoms with Gasteiger partial charge in [0.2, 0.25) is 0 Å². The van der Waals surface area contributed by atoms with E-state index < -0.39 is 0 Å². The molecule has 1 heterocycles. The van der Waals surface area contributed by atoms with Gasteiger partial charge >= 0.3 is 0 Å². The second-order valence-corrected chi connectivity index (χ2v) is 3.96. The summed E-state index contributed by atoms with van der Waals surface area (Å²) in [6.45, 7) is 6.81. The zero-order valence-electron chi connectivity index (χ0n) is 8.29. The van der Waals surface area contributed by atoms with Gasteiger partial charge in [-0.05, 0) is 13.8 Å². The van der Waals surface area contributed by atoms with Crippen LogP contribution in [0.25, 0.3) is 0 Å². The first-order valence-corrected chi connectivity index (χ1v) is 4.88. The molecule has 1 atom stereocenters. The van der Waals surface area contributed by atoms with Crippen molar-refractivity contribution in [1.82, 2.24) is 9.78 Å². The molecule has 1 aromatic heterocycles. The van der Waals surface area contributed by atoms with Crippen molar-refractivity contribution in [3.8, 4) is 0 Å². The first-order valence-electron chi connectivity index (χ1n) is 4.50. The molecule has 0 radical (unpaired) electrons. The Morgan fingerprint density at radius 3 is 2.62 bits per heavy atom. The molecular weight excluding hydrogens is 186 g/mol. The molecule has 0 bridgehead atoms. The van der Waals surface area contributed by atoms with Crippen molar-refractivity contribution in [1.29, 1.82) is 0 Å². The van der Waals surface area contributed by atoms with Gasteiger partial charge in [-0.1, -0.05) is 18.5 Å². The smallest absolute Gasteiger partial charge is 0.0821 e. The van der Waals surface area contributed by atoms with Crippen LogP contribution < -0.4 is 5.73 Å². The number of hydrogen-bond acceptors (Lipinski definition) is 2. The topological polar surface area (TPSA) is 43.8 Å². The fourth-order valence-corrected chi connectivity index (χ4v) is 1.65. The zero-order valence-corrected chi connectivity index (χ0v) is 9.04. The van der Waals surface area contributed by atoms with Crippen molar-refractivity contribution in [2.75, 3.05) is 6.54 Å². The van der Waals surface area contributed by atoms with Crippen LogP contribution in [-0.4, -0.2) is 16.3 Å². The monoisotopic (exact) mass is 201 g/mol. The first kappa shape index (κ1) is 10.5. The van der Waals surface area contributed by atoms with Gasteiger partial charge in [0.15, 0.2) is 0 Å². The first-order chi connectivity index (χ1) is 6.07. The third-order valence-corrected chi connectivity index (χ3v) is 2.39. The number of rotatable bonds is 3. The van der Waals surface area contributed by atoms with Crippen LogP contribution in [0.5, 0.6) is 0 Å². The molecule has 0 aromatic carbocycles. The van der Waals surface area contributed by atoms with Crippen molar-refractivity contribution in [2.24, 2.45) is 5.73 Å². The SMILES string of the molecule is CC(CN)c1c(Cl)cnn1C(C)C. The molecule has 74 valence electrons. The minimum absolute atomic E-state index is 0.261. The largest absolute Gasteiger partial charge is 0.330 e. The van der Waals surface area contributed by atoms with Gasteiger partial charge in [0.1, 0.15) is 0 Å². The van der Waals surface area contributed by atoms with E-state index in [1.165, 1.54) is 0 Å². The van der Waals surface area contributed by atoms with Crippen molar-refractivity contribution in [3.05, 3.63) is 16.9 Å². The van der Waals surface area contributed by atoms with Crippen LogP contribution in [0.4, 0.5) is 0 Å². The fraction of sp³-hybridized carbons (Fsp3) is 0.667. The lowest BCUT2D eigenvalue weighted by Crippen LogP contribution is -2.16.